The van der Waals surface area contributed by atoms with Gasteiger partial charge in [-0.2, -0.15) is 0 Å². The molecule has 0 N–H and O–H groups in total. The van der Waals surface area contributed by atoms with Crippen molar-refractivity contribution in [2.45, 2.75) is 120 Å². The molecule has 0 radical (unpaired) electrons. The highest BCUT2D eigenvalue weighted by atomic mass is 14.7. The summed E-state index contributed by atoms with van der Waals surface area (Å²) in [5.41, 5.74) is 4.55. The van der Waals surface area contributed by atoms with E-state index >= 15 is 0 Å². The SMILES string of the molecule is CC(C)C1CCC2C3=CCC4C5(C)CCCC(C)(C)C5CCC4(C)C3(C)CCC21C. The summed E-state index contributed by atoms with van der Waals surface area (Å²) in [6.07, 6.45) is 17.4. The predicted molar refractivity (Wildman–Crippen MR) is 129 cm³/mol. The Labute approximate surface area is 188 Å². The molecule has 0 heterocycles. The fraction of sp³-hybridized carbons (Fsp3) is 0.933. The molecule has 0 aliphatic heterocycles. The van der Waals surface area contributed by atoms with Crippen LogP contribution in [0.3, 0.4) is 0 Å². The van der Waals surface area contributed by atoms with Gasteiger partial charge in [0.05, 0.1) is 0 Å². The average molecular weight is 411 g/mol. The number of rotatable bonds is 1. The molecule has 5 rings (SSSR count). The Kier molecular flexibility index (Phi) is 4.61. The number of hydrogen-bond acceptors (Lipinski definition) is 0. The van der Waals surface area contributed by atoms with Crippen LogP contribution in [0.15, 0.2) is 11.6 Å². The second-order valence-electron chi connectivity index (χ2n) is 14.6. The number of allylic oxidation sites excluding steroid dienone is 2. The summed E-state index contributed by atoms with van der Waals surface area (Å²) >= 11 is 0. The maximum atomic E-state index is 2.85. The summed E-state index contributed by atoms with van der Waals surface area (Å²) in [6, 6.07) is 0. The highest BCUT2D eigenvalue weighted by molar-refractivity contribution is 5.33. The van der Waals surface area contributed by atoms with Crippen molar-refractivity contribution in [3.63, 3.8) is 0 Å². The second kappa shape index (κ2) is 6.41. The lowest BCUT2D eigenvalue weighted by Crippen LogP contribution is -2.62. The number of fused-ring (bicyclic) bond motifs is 7. The molecule has 30 heavy (non-hydrogen) atoms. The van der Waals surface area contributed by atoms with E-state index in [1.807, 2.05) is 5.57 Å². The van der Waals surface area contributed by atoms with Crippen LogP contribution in [0.4, 0.5) is 0 Å². The third-order valence-corrected chi connectivity index (χ3v) is 13.0. The Balaban J connectivity index is 1.56. The fourth-order valence-electron chi connectivity index (χ4n) is 11.3. The van der Waals surface area contributed by atoms with Gasteiger partial charge in [0.15, 0.2) is 0 Å². The number of hydrogen-bond donors (Lipinski definition) is 0. The summed E-state index contributed by atoms with van der Waals surface area (Å²) in [5, 5.41) is 0. The Morgan fingerprint density at radius 1 is 0.767 bits per heavy atom. The van der Waals surface area contributed by atoms with Crippen molar-refractivity contribution in [2.24, 2.45) is 56.7 Å². The quantitative estimate of drug-likeness (QED) is 0.378. The van der Waals surface area contributed by atoms with Gasteiger partial charge in [-0.3, -0.25) is 0 Å². The van der Waals surface area contributed by atoms with E-state index in [1.165, 1.54) is 64.2 Å². The molecular weight excluding hydrogens is 360 g/mol. The van der Waals surface area contributed by atoms with E-state index in [2.05, 4.69) is 61.5 Å². The third-order valence-electron chi connectivity index (χ3n) is 13.0. The van der Waals surface area contributed by atoms with E-state index in [9.17, 15) is 0 Å². The molecule has 8 unspecified atom stereocenters. The molecule has 0 aromatic rings. The molecule has 0 nitrogen and oxygen atoms in total. The first kappa shape index (κ1) is 21.6. The Bertz CT molecular complexity index is 741. The van der Waals surface area contributed by atoms with Crippen LogP contribution in [0.1, 0.15) is 120 Å². The molecule has 4 saturated carbocycles. The fourth-order valence-corrected chi connectivity index (χ4v) is 11.3. The largest absolute Gasteiger partial charge is 0.0841 e. The molecule has 8 atom stereocenters. The summed E-state index contributed by atoms with van der Waals surface area (Å²) < 4.78 is 0. The first-order chi connectivity index (χ1) is 13.9. The maximum absolute atomic E-state index is 2.85. The van der Waals surface area contributed by atoms with Crippen LogP contribution in [-0.2, 0) is 0 Å². The molecule has 170 valence electrons. The normalized spacial score (nSPS) is 54.6. The summed E-state index contributed by atoms with van der Waals surface area (Å²) in [6.45, 7) is 21.1. The Hall–Kier alpha value is -0.260. The smallest absolute Gasteiger partial charge is 0.00565 e. The van der Waals surface area contributed by atoms with Gasteiger partial charge in [-0.1, -0.05) is 73.5 Å². The molecule has 5 aliphatic rings. The summed E-state index contributed by atoms with van der Waals surface area (Å²) in [4.78, 5) is 0. The van der Waals surface area contributed by atoms with E-state index < -0.39 is 0 Å². The molecule has 0 amide bonds. The predicted octanol–water partition coefficient (Wildman–Crippen LogP) is 9.05. The standard InChI is InChI=1S/C30H50/c1-20(2)21-10-11-22-23-12-13-25-28(6)16-9-15-26(3,4)24(28)14-17-30(25,8)29(23,7)19-18-27(21,22)5/h12,20-22,24-25H,9-11,13-19H2,1-8H3. The highest BCUT2D eigenvalue weighted by Gasteiger charge is 2.67. The van der Waals surface area contributed by atoms with Crippen LogP contribution in [0.25, 0.3) is 0 Å². The van der Waals surface area contributed by atoms with E-state index in [-0.39, 0.29) is 0 Å². The molecule has 0 aromatic carbocycles. The van der Waals surface area contributed by atoms with E-state index in [1.54, 1.807) is 0 Å². The minimum atomic E-state index is 0.446. The molecule has 0 bridgehead atoms. The summed E-state index contributed by atoms with van der Waals surface area (Å²) in [5.74, 6) is 4.47. The topological polar surface area (TPSA) is 0 Å². The van der Waals surface area contributed by atoms with E-state index in [4.69, 9.17) is 0 Å². The first-order valence-electron chi connectivity index (χ1n) is 13.6. The lowest BCUT2D eigenvalue weighted by Gasteiger charge is -2.70. The van der Waals surface area contributed by atoms with Crippen molar-refractivity contribution in [3.8, 4) is 0 Å². The maximum Gasteiger partial charge on any atom is -0.00565 e. The lowest BCUT2D eigenvalue weighted by atomic mass is 9.34. The van der Waals surface area contributed by atoms with Gasteiger partial charge in [0.25, 0.3) is 0 Å². The molecule has 4 fully saturated rings. The van der Waals surface area contributed by atoms with Gasteiger partial charge in [0.1, 0.15) is 0 Å². The van der Waals surface area contributed by atoms with Gasteiger partial charge < -0.3 is 0 Å². The van der Waals surface area contributed by atoms with E-state index in [0.717, 1.165) is 29.6 Å². The Morgan fingerprint density at radius 2 is 1.50 bits per heavy atom. The monoisotopic (exact) mass is 410 g/mol. The van der Waals surface area contributed by atoms with Crippen molar-refractivity contribution < 1.29 is 0 Å². The summed E-state index contributed by atoms with van der Waals surface area (Å²) in [7, 11) is 0. The van der Waals surface area contributed by atoms with E-state index in [0.29, 0.717) is 27.1 Å². The van der Waals surface area contributed by atoms with Crippen molar-refractivity contribution >= 4 is 0 Å². The molecule has 0 heteroatoms. The molecule has 0 spiro atoms. The van der Waals surface area contributed by atoms with Crippen LogP contribution < -0.4 is 0 Å². The molecule has 0 aromatic heterocycles. The zero-order valence-electron chi connectivity index (χ0n) is 21.5. The van der Waals surface area contributed by atoms with Gasteiger partial charge >= 0.3 is 0 Å². The molecule has 0 saturated heterocycles. The second-order valence-corrected chi connectivity index (χ2v) is 14.6. The van der Waals surface area contributed by atoms with Crippen molar-refractivity contribution in [1.82, 2.24) is 0 Å². The van der Waals surface area contributed by atoms with Crippen LogP contribution in [0.2, 0.25) is 0 Å². The van der Waals surface area contributed by atoms with Crippen molar-refractivity contribution in [2.75, 3.05) is 0 Å². The van der Waals surface area contributed by atoms with Crippen LogP contribution >= 0.6 is 0 Å². The third kappa shape index (κ3) is 2.46. The first-order valence-corrected chi connectivity index (χ1v) is 13.6. The lowest BCUT2D eigenvalue weighted by molar-refractivity contribution is -0.176. The van der Waals surface area contributed by atoms with Crippen molar-refractivity contribution in [1.29, 1.82) is 0 Å². The minimum Gasteiger partial charge on any atom is -0.0841 e. The van der Waals surface area contributed by atoms with Crippen LogP contribution in [0.5, 0.6) is 0 Å². The zero-order valence-corrected chi connectivity index (χ0v) is 21.5. The highest BCUT2D eigenvalue weighted by Crippen LogP contribution is 2.76. The van der Waals surface area contributed by atoms with Crippen LogP contribution in [-0.4, -0.2) is 0 Å². The average Bonchev–Trinajstić information content (AvgIpc) is 2.99. The van der Waals surface area contributed by atoms with Gasteiger partial charge in [-0.15, -0.1) is 0 Å². The van der Waals surface area contributed by atoms with Gasteiger partial charge in [-0.25, -0.2) is 0 Å². The Morgan fingerprint density at radius 3 is 2.20 bits per heavy atom. The van der Waals surface area contributed by atoms with Gasteiger partial charge in [0.2, 0.25) is 0 Å². The zero-order chi connectivity index (χ0) is 21.7. The minimum absolute atomic E-state index is 0.446. The van der Waals surface area contributed by atoms with Crippen LogP contribution in [0, 0.1) is 56.7 Å². The van der Waals surface area contributed by atoms with Gasteiger partial charge in [-0.05, 0) is 114 Å². The molecular formula is C30H50. The molecule has 5 aliphatic carbocycles. The van der Waals surface area contributed by atoms with Gasteiger partial charge in [0, 0.05) is 0 Å². The van der Waals surface area contributed by atoms with Crippen molar-refractivity contribution in [3.05, 3.63) is 11.6 Å².